The third kappa shape index (κ3) is 6.91. The van der Waals surface area contributed by atoms with Gasteiger partial charge >= 0.3 is 5.97 Å². The first kappa shape index (κ1) is 25.4. The van der Waals surface area contributed by atoms with Crippen LogP contribution in [0.2, 0.25) is 0 Å². The van der Waals surface area contributed by atoms with Gasteiger partial charge in [-0.3, -0.25) is 0 Å². The van der Waals surface area contributed by atoms with Gasteiger partial charge in [0.15, 0.2) is 0 Å². The second-order valence-corrected chi connectivity index (χ2v) is 9.56. The molecule has 0 aliphatic carbocycles. The Kier molecular flexibility index (Phi) is 8.46. The number of aromatic carboxylic acids is 1. The van der Waals surface area contributed by atoms with E-state index in [1.807, 2.05) is 18.2 Å². The molecule has 0 aliphatic heterocycles. The van der Waals surface area contributed by atoms with Crippen molar-refractivity contribution in [2.45, 2.75) is 31.9 Å². The number of carbonyl (C=O) groups is 1. The second kappa shape index (κ2) is 11.3. The number of nitriles is 1. The van der Waals surface area contributed by atoms with Gasteiger partial charge < -0.3 is 20.3 Å². The van der Waals surface area contributed by atoms with Crippen LogP contribution in [-0.2, 0) is 6.42 Å². The monoisotopic (exact) mass is 522 g/mol. The molecule has 0 amide bonds. The lowest BCUT2D eigenvalue weighted by Gasteiger charge is -2.28. The summed E-state index contributed by atoms with van der Waals surface area (Å²) < 4.78 is 6.85. The van der Waals surface area contributed by atoms with Gasteiger partial charge in [-0.2, -0.15) is 5.26 Å². The largest absolute Gasteiger partial charge is 0.489 e. The van der Waals surface area contributed by atoms with E-state index in [1.165, 1.54) is 17.7 Å². The number of hydrogen-bond acceptors (Lipinski definition) is 5. The Balaban J connectivity index is 1.61. The fourth-order valence-corrected chi connectivity index (χ4v) is 3.96. The van der Waals surface area contributed by atoms with E-state index in [9.17, 15) is 15.2 Å². The van der Waals surface area contributed by atoms with E-state index in [-0.39, 0.29) is 17.7 Å². The summed E-state index contributed by atoms with van der Waals surface area (Å²) >= 11 is 3.58. The normalized spacial score (nSPS) is 12.1. The number of aliphatic hydroxyl groups excluding tert-OH is 1. The van der Waals surface area contributed by atoms with Crippen LogP contribution in [0, 0.1) is 11.3 Å². The minimum absolute atomic E-state index is 0.0220. The zero-order valence-electron chi connectivity index (χ0n) is 19.1. The van der Waals surface area contributed by atoms with Crippen molar-refractivity contribution in [3.8, 4) is 22.9 Å². The number of halogens is 1. The minimum atomic E-state index is -0.988. The van der Waals surface area contributed by atoms with Crippen molar-refractivity contribution in [2.75, 3.05) is 13.2 Å². The number of nitrogens with one attached hydrogen (secondary N) is 1. The van der Waals surface area contributed by atoms with Crippen LogP contribution in [0.5, 0.6) is 5.75 Å². The van der Waals surface area contributed by atoms with Crippen LogP contribution in [0.15, 0.2) is 71.2 Å². The van der Waals surface area contributed by atoms with Gasteiger partial charge in [0.2, 0.25) is 0 Å². The van der Waals surface area contributed by atoms with E-state index >= 15 is 0 Å². The van der Waals surface area contributed by atoms with Gasteiger partial charge in [0.1, 0.15) is 24.5 Å². The Morgan fingerprint density at radius 2 is 1.79 bits per heavy atom. The Morgan fingerprint density at radius 1 is 1.12 bits per heavy atom. The van der Waals surface area contributed by atoms with E-state index in [0.29, 0.717) is 17.9 Å². The highest BCUT2D eigenvalue weighted by molar-refractivity contribution is 9.10. The Bertz CT molecular complexity index is 1190. The van der Waals surface area contributed by atoms with Gasteiger partial charge in [-0.1, -0.05) is 52.3 Å². The molecule has 0 radical (unpaired) electrons. The van der Waals surface area contributed by atoms with Crippen LogP contribution < -0.4 is 10.1 Å². The summed E-state index contributed by atoms with van der Waals surface area (Å²) in [6, 6.07) is 21.8. The van der Waals surface area contributed by atoms with Gasteiger partial charge in [0, 0.05) is 16.6 Å². The maximum atomic E-state index is 11.1. The predicted octanol–water partition coefficient (Wildman–Crippen LogP) is 5.04. The van der Waals surface area contributed by atoms with E-state index in [1.54, 1.807) is 30.3 Å². The number of benzene rings is 3. The Hall–Kier alpha value is -3.18. The topological polar surface area (TPSA) is 103 Å². The molecule has 7 heteroatoms. The quantitative estimate of drug-likeness (QED) is 0.344. The van der Waals surface area contributed by atoms with Crippen molar-refractivity contribution < 1.29 is 19.7 Å². The summed E-state index contributed by atoms with van der Waals surface area (Å²) in [6.45, 7) is 4.50. The number of hydrogen-bond donors (Lipinski definition) is 3. The molecule has 1 atom stereocenters. The van der Waals surface area contributed by atoms with Crippen molar-refractivity contribution >= 4 is 21.9 Å². The molecule has 0 spiro atoms. The maximum absolute atomic E-state index is 11.1. The molecule has 0 aromatic heterocycles. The second-order valence-electron chi connectivity index (χ2n) is 8.70. The number of ether oxygens (including phenoxy) is 1. The predicted molar refractivity (Wildman–Crippen MR) is 135 cm³/mol. The first-order valence-corrected chi connectivity index (χ1v) is 11.6. The van der Waals surface area contributed by atoms with Crippen LogP contribution in [0.4, 0.5) is 0 Å². The molecular weight excluding hydrogens is 496 g/mol. The third-order valence-corrected chi connectivity index (χ3v) is 6.18. The van der Waals surface area contributed by atoms with Crippen molar-refractivity contribution in [2.24, 2.45) is 0 Å². The SMILES string of the molecule is CC(C)(Cc1ccccc1Br)NC[C@H](O)COc1cc(-c2ccc(C(=O)O)cc2)ccc1C#N. The highest BCUT2D eigenvalue weighted by atomic mass is 79.9. The smallest absolute Gasteiger partial charge is 0.335 e. The van der Waals surface area contributed by atoms with Gasteiger partial charge in [-0.25, -0.2) is 4.79 Å². The fourth-order valence-electron chi connectivity index (χ4n) is 3.54. The molecule has 176 valence electrons. The first-order valence-electron chi connectivity index (χ1n) is 10.9. The summed E-state index contributed by atoms with van der Waals surface area (Å²) in [5, 5.41) is 32.4. The molecule has 0 saturated carbocycles. The molecular formula is C27H27BrN2O4. The van der Waals surface area contributed by atoms with Crippen LogP contribution in [0.3, 0.4) is 0 Å². The van der Waals surface area contributed by atoms with Crippen LogP contribution in [0.1, 0.15) is 35.3 Å². The van der Waals surface area contributed by atoms with Gasteiger partial charge in [-0.15, -0.1) is 0 Å². The standard InChI is InChI=1S/C27H27BrN2O4/c1-27(2,14-21-5-3-4-6-24(21)28)30-16-23(31)17-34-25-13-20(11-12-22(25)15-29)18-7-9-19(10-8-18)26(32)33/h3-13,23,30-31H,14,16-17H2,1-2H3,(H,32,33)/t23-/m0/s1. The molecule has 0 fully saturated rings. The molecule has 0 saturated heterocycles. The van der Waals surface area contributed by atoms with Crippen molar-refractivity contribution in [1.82, 2.24) is 5.32 Å². The zero-order valence-corrected chi connectivity index (χ0v) is 20.7. The fraction of sp³-hybridized carbons (Fsp3) is 0.259. The molecule has 0 bridgehead atoms. The van der Waals surface area contributed by atoms with E-state index in [2.05, 4.69) is 47.2 Å². The Labute approximate surface area is 208 Å². The number of carboxylic acids is 1. The lowest BCUT2D eigenvalue weighted by atomic mass is 9.95. The van der Waals surface area contributed by atoms with Crippen molar-refractivity contribution in [1.29, 1.82) is 5.26 Å². The molecule has 34 heavy (non-hydrogen) atoms. The lowest BCUT2D eigenvalue weighted by Crippen LogP contribution is -2.46. The summed E-state index contributed by atoms with van der Waals surface area (Å²) in [6.07, 6.45) is 0.00654. The number of rotatable bonds is 10. The molecule has 3 aromatic carbocycles. The maximum Gasteiger partial charge on any atom is 0.335 e. The summed E-state index contributed by atoms with van der Waals surface area (Å²) in [5.74, 6) is -0.619. The number of β-amino-alcohol motifs (C(OH)–C–C–N with tert-alkyl or cyclic N) is 1. The minimum Gasteiger partial charge on any atom is -0.489 e. The van der Waals surface area contributed by atoms with E-state index < -0.39 is 12.1 Å². The zero-order chi connectivity index (χ0) is 24.7. The molecule has 6 nitrogen and oxygen atoms in total. The summed E-state index contributed by atoms with van der Waals surface area (Å²) in [5.41, 5.74) is 3.08. The van der Waals surface area contributed by atoms with Crippen molar-refractivity contribution in [3.63, 3.8) is 0 Å². The van der Waals surface area contributed by atoms with Crippen LogP contribution in [-0.4, -0.2) is 41.0 Å². The molecule has 0 heterocycles. The van der Waals surface area contributed by atoms with Gasteiger partial charge in [0.25, 0.3) is 0 Å². The Morgan fingerprint density at radius 3 is 2.44 bits per heavy atom. The summed E-state index contributed by atoms with van der Waals surface area (Å²) in [7, 11) is 0. The average molecular weight is 523 g/mol. The first-order chi connectivity index (χ1) is 16.2. The summed E-state index contributed by atoms with van der Waals surface area (Å²) in [4.78, 5) is 11.1. The van der Waals surface area contributed by atoms with Gasteiger partial charge in [-0.05, 0) is 67.3 Å². The van der Waals surface area contributed by atoms with E-state index in [0.717, 1.165) is 22.0 Å². The highest BCUT2D eigenvalue weighted by Crippen LogP contribution is 2.28. The van der Waals surface area contributed by atoms with Gasteiger partial charge in [0.05, 0.1) is 11.1 Å². The average Bonchev–Trinajstić information content (AvgIpc) is 2.82. The molecule has 3 rings (SSSR count). The van der Waals surface area contributed by atoms with Crippen LogP contribution in [0.25, 0.3) is 11.1 Å². The van der Waals surface area contributed by atoms with E-state index in [4.69, 9.17) is 9.84 Å². The van der Waals surface area contributed by atoms with Crippen LogP contribution >= 0.6 is 15.9 Å². The molecule has 0 unspecified atom stereocenters. The highest BCUT2D eigenvalue weighted by Gasteiger charge is 2.21. The lowest BCUT2D eigenvalue weighted by molar-refractivity contribution is 0.0697. The van der Waals surface area contributed by atoms with Crippen molar-refractivity contribution in [3.05, 3.63) is 87.9 Å². The molecule has 0 aliphatic rings. The molecule has 3 N–H and O–H groups in total. The number of carboxylic acid groups (broad SMARTS) is 1. The third-order valence-electron chi connectivity index (χ3n) is 5.40. The number of nitrogens with zero attached hydrogens (tertiary/aromatic N) is 1. The molecule has 3 aromatic rings. The number of aliphatic hydroxyl groups is 1.